The monoisotopic (exact) mass is 400 g/mol. The molecule has 3 rings (SSSR count). The lowest BCUT2D eigenvalue weighted by Gasteiger charge is -2.08. The molecule has 144 valence electrons. The zero-order valence-electron chi connectivity index (χ0n) is 15.3. The summed E-state index contributed by atoms with van der Waals surface area (Å²) in [7, 11) is 1.66. The van der Waals surface area contributed by atoms with Gasteiger partial charge in [-0.15, -0.1) is 0 Å². The Morgan fingerprint density at radius 3 is 2.89 bits per heavy atom. The maximum atomic E-state index is 14.2. The molecule has 0 amide bonds. The second kappa shape index (κ2) is 8.33. The number of benzene rings is 1. The van der Waals surface area contributed by atoms with Crippen molar-refractivity contribution in [2.45, 2.75) is 6.92 Å². The summed E-state index contributed by atoms with van der Waals surface area (Å²) < 4.78 is 15.0. The predicted octanol–water partition coefficient (Wildman–Crippen LogP) is 3.52. The molecule has 0 aliphatic heterocycles. The van der Waals surface area contributed by atoms with Gasteiger partial charge < -0.3 is 10.5 Å². The molecule has 2 aromatic heterocycles. The maximum Gasteiger partial charge on any atom is 0.180 e. The molecule has 8 heteroatoms. The summed E-state index contributed by atoms with van der Waals surface area (Å²) >= 11 is 5.98. The number of ketones is 1. The number of rotatable bonds is 5. The van der Waals surface area contributed by atoms with Crippen LogP contribution in [0.15, 0.2) is 53.9 Å². The van der Waals surface area contributed by atoms with Gasteiger partial charge in [0.05, 0.1) is 35.0 Å². The first-order valence-electron chi connectivity index (χ1n) is 8.45. The van der Waals surface area contributed by atoms with Crippen LogP contribution < -0.4 is 10.7 Å². The van der Waals surface area contributed by atoms with Crippen molar-refractivity contribution in [3.63, 3.8) is 0 Å². The van der Waals surface area contributed by atoms with Gasteiger partial charge in [-0.2, -0.15) is 0 Å². The lowest BCUT2D eigenvalue weighted by atomic mass is 10.1. The van der Waals surface area contributed by atoms with Gasteiger partial charge in [0.1, 0.15) is 5.82 Å². The molecular formula is C20H18ClFN4O2. The van der Waals surface area contributed by atoms with Crippen LogP contribution in [0, 0.1) is 12.7 Å². The molecule has 0 aliphatic rings. The largest absolute Gasteiger partial charge is 0.429 e. The van der Waals surface area contributed by atoms with Gasteiger partial charge in [-0.1, -0.05) is 11.6 Å². The van der Waals surface area contributed by atoms with E-state index in [1.165, 1.54) is 36.7 Å². The molecule has 0 spiro atoms. The number of carbonyl (C=O) groups is 1. The van der Waals surface area contributed by atoms with Crippen molar-refractivity contribution in [1.82, 2.24) is 15.0 Å². The van der Waals surface area contributed by atoms with Crippen molar-refractivity contribution in [1.29, 1.82) is 0 Å². The topological polar surface area (TPSA) is 79.5 Å². The Kier molecular flexibility index (Phi) is 5.87. The van der Waals surface area contributed by atoms with Crippen molar-refractivity contribution in [2.75, 3.05) is 13.6 Å². The van der Waals surface area contributed by atoms with E-state index in [4.69, 9.17) is 11.6 Å². The summed E-state index contributed by atoms with van der Waals surface area (Å²) in [6.45, 7) is 1.91. The van der Waals surface area contributed by atoms with E-state index in [1.54, 1.807) is 19.3 Å². The number of Topliss-reactive ketones (excluding diaryl/α,β-unsaturated/α-hetero) is 1. The van der Waals surface area contributed by atoms with E-state index < -0.39 is 5.82 Å². The molecule has 0 bridgehead atoms. The highest BCUT2D eigenvalue weighted by molar-refractivity contribution is 6.30. The van der Waals surface area contributed by atoms with Gasteiger partial charge in [0.2, 0.25) is 0 Å². The number of halogens is 2. The fourth-order valence-electron chi connectivity index (χ4n) is 2.65. The van der Waals surface area contributed by atoms with Crippen LogP contribution in [0.25, 0.3) is 11.3 Å². The molecule has 3 aromatic rings. The average molecular weight is 401 g/mol. The van der Waals surface area contributed by atoms with Crippen LogP contribution in [-0.2, 0) is 0 Å². The van der Waals surface area contributed by atoms with Gasteiger partial charge >= 0.3 is 0 Å². The molecule has 0 unspecified atom stereocenters. The predicted molar refractivity (Wildman–Crippen MR) is 104 cm³/mol. The number of hydrogen-bond donors (Lipinski definition) is 2. The standard InChI is InChI=1S/C20H18ClFN4O2/c1-12-9-24-19(14-7-13(21)3-4-16(14)22)8-18(12)25-17-5-6-26(28)11-15(17)20(27)10-23-2/h3-9,11,23,28H,10H2,1-2H3. The van der Waals surface area contributed by atoms with E-state index in [0.29, 0.717) is 21.8 Å². The molecule has 0 radical (unpaired) electrons. The minimum absolute atomic E-state index is 0.0981. The van der Waals surface area contributed by atoms with Gasteiger partial charge in [0.15, 0.2) is 5.78 Å². The highest BCUT2D eigenvalue weighted by atomic mass is 35.5. The summed E-state index contributed by atoms with van der Waals surface area (Å²) in [5.74, 6) is -0.671. The molecule has 0 saturated carbocycles. The van der Waals surface area contributed by atoms with Crippen molar-refractivity contribution >= 4 is 23.1 Å². The smallest absolute Gasteiger partial charge is 0.180 e. The van der Waals surface area contributed by atoms with Gasteiger partial charge in [0.25, 0.3) is 0 Å². The van der Waals surface area contributed by atoms with Gasteiger partial charge in [0, 0.05) is 23.0 Å². The second-order valence-electron chi connectivity index (χ2n) is 6.17. The van der Waals surface area contributed by atoms with E-state index >= 15 is 0 Å². The van der Waals surface area contributed by atoms with Crippen LogP contribution in [-0.4, -0.2) is 34.3 Å². The first-order valence-corrected chi connectivity index (χ1v) is 8.83. The van der Waals surface area contributed by atoms with E-state index in [2.05, 4.69) is 15.3 Å². The van der Waals surface area contributed by atoms with Crippen LogP contribution in [0.4, 0.5) is 10.1 Å². The molecule has 0 fully saturated rings. The normalized spacial score (nSPS) is 11.6. The van der Waals surface area contributed by atoms with E-state index in [1.807, 2.05) is 6.92 Å². The lowest BCUT2D eigenvalue weighted by Crippen LogP contribution is -2.25. The Morgan fingerprint density at radius 1 is 1.36 bits per heavy atom. The number of nitrogens with zero attached hydrogens (tertiary/aromatic N) is 3. The number of aromatic nitrogens is 2. The van der Waals surface area contributed by atoms with E-state index in [0.717, 1.165) is 10.3 Å². The highest BCUT2D eigenvalue weighted by Gasteiger charge is 2.12. The third kappa shape index (κ3) is 4.27. The molecule has 28 heavy (non-hydrogen) atoms. The fraction of sp³-hybridized carbons (Fsp3) is 0.150. The number of likely N-dealkylation sites (N-methyl/N-ethyl adjacent to an activating group) is 1. The van der Waals surface area contributed by atoms with E-state index in [9.17, 15) is 14.4 Å². The highest BCUT2D eigenvalue weighted by Crippen LogP contribution is 2.28. The second-order valence-corrected chi connectivity index (χ2v) is 6.61. The minimum atomic E-state index is -0.447. The zero-order chi connectivity index (χ0) is 20.3. The van der Waals surface area contributed by atoms with Crippen molar-refractivity contribution < 1.29 is 14.4 Å². The Hall–Kier alpha value is -3.03. The summed E-state index contributed by atoms with van der Waals surface area (Å²) in [6, 6.07) is 7.41. The van der Waals surface area contributed by atoms with Crippen molar-refractivity contribution in [3.8, 4) is 11.3 Å². The number of pyridine rings is 2. The maximum absolute atomic E-state index is 14.2. The molecule has 1 aromatic carbocycles. The first-order chi connectivity index (χ1) is 13.4. The van der Waals surface area contributed by atoms with Crippen LogP contribution in [0.3, 0.4) is 0 Å². The molecule has 2 heterocycles. The molecular weight excluding hydrogens is 383 g/mol. The van der Waals surface area contributed by atoms with Gasteiger partial charge in [-0.05, 0) is 49.9 Å². The SMILES string of the molecule is CNCC(=O)c1cn(O)ccc1=Nc1cc(-c2cc(Cl)ccc2F)ncc1C. The summed E-state index contributed by atoms with van der Waals surface area (Å²) in [4.78, 5) is 21.2. The van der Waals surface area contributed by atoms with E-state index in [-0.39, 0.29) is 23.5 Å². The number of nitrogens with one attached hydrogen (secondary N) is 1. The Balaban J connectivity index is 2.15. The average Bonchev–Trinajstić information content (AvgIpc) is 2.67. The quantitative estimate of drug-likeness (QED) is 0.507. The third-order valence-electron chi connectivity index (χ3n) is 4.08. The van der Waals surface area contributed by atoms with Crippen LogP contribution in [0.1, 0.15) is 15.9 Å². The summed E-state index contributed by atoms with van der Waals surface area (Å²) in [5, 5.41) is 13.2. The van der Waals surface area contributed by atoms with Gasteiger partial charge in [-0.25, -0.2) is 14.1 Å². The Labute approximate surface area is 165 Å². The van der Waals surface area contributed by atoms with Crippen molar-refractivity contribution in [2.24, 2.45) is 4.99 Å². The Morgan fingerprint density at radius 2 is 2.14 bits per heavy atom. The summed E-state index contributed by atoms with van der Waals surface area (Å²) in [6.07, 6.45) is 4.26. The van der Waals surface area contributed by atoms with Crippen molar-refractivity contribution in [3.05, 3.63) is 76.2 Å². The van der Waals surface area contributed by atoms with Crippen LogP contribution in [0.5, 0.6) is 0 Å². The molecule has 6 nitrogen and oxygen atoms in total. The molecule has 0 saturated heterocycles. The lowest BCUT2D eigenvalue weighted by molar-refractivity contribution is 0.0986. The van der Waals surface area contributed by atoms with Gasteiger partial charge in [-0.3, -0.25) is 9.78 Å². The third-order valence-corrected chi connectivity index (χ3v) is 4.32. The molecule has 0 atom stereocenters. The summed E-state index contributed by atoms with van der Waals surface area (Å²) in [5.41, 5.74) is 2.17. The van der Waals surface area contributed by atoms with Crippen LogP contribution >= 0.6 is 11.6 Å². The minimum Gasteiger partial charge on any atom is -0.429 e. The van der Waals surface area contributed by atoms with Crippen LogP contribution in [0.2, 0.25) is 5.02 Å². The number of hydrogen-bond acceptors (Lipinski definition) is 5. The number of carbonyl (C=O) groups excluding carboxylic acids is 1. The Bertz CT molecular complexity index is 1110. The zero-order valence-corrected chi connectivity index (χ0v) is 16.0. The molecule has 2 N–H and O–H groups in total. The number of aryl methyl sites for hydroxylation is 1. The first kappa shape index (κ1) is 19.7. The molecule has 0 aliphatic carbocycles. The fourth-order valence-corrected chi connectivity index (χ4v) is 2.82.